The molecule has 2 aliphatic heterocycles. The molecule has 138 valence electrons. The zero-order chi connectivity index (χ0) is 18.1. The molecule has 1 aromatic carbocycles. The molecule has 0 spiro atoms. The van der Waals surface area contributed by atoms with E-state index in [0.29, 0.717) is 38.9 Å². The van der Waals surface area contributed by atoms with Crippen LogP contribution in [0.25, 0.3) is 11.4 Å². The molecule has 1 amide bonds. The molecule has 7 heteroatoms. The minimum absolute atomic E-state index is 0.139. The van der Waals surface area contributed by atoms with Crippen molar-refractivity contribution >= 4 is 5.91 Å². The van der Waals surface area contributed by atoms with Crippen LogP contribution in [0.3, 0.4) is 0 Å². The van der Waals surface area contributed by atoms with Crippen LogP contribution in [0.4, 0.5) is 0 Å². The zero-order valence-corrected chi connectivity index (χ0v) is 15.1. The molecule has 7 nitrogen and oxygen atoms in total. The average molecular weight is 355 g/mol. The van der Waals surface area contributed by atoms with Gasteiger partial charge in [0.25, 0.3) is 5.91 Å². The molecule has 0 aliphatic carbocycles. The maximum atomic E-state index is 12.9. The van der Waals surface area contributed by atoms with Crippen LogP contribution in [-0.4, -0.2) is 74.4 Å². The second-order valence-corrected chi connectivity index (χ2v) is 7.32. The number of nitrogens with zero attached hydrogens (tertiary/aromatic N) is 5. The molecule has 3 heterocycles. The Labute approximate surface area is 153 Å². The van der Waals surface area contributed by atoms with Gasteiger partial charge in [-0.2, -0.15) is 5.10 Å². The van der Waals surface area contributed by atoms with E-state index in [0.717, 1.165) is 30.3 Å². The lowest BCUT2D eigenvalue weighted by atomic mass is 9.90. The molecule has 1 fully saturated rings. The van der Waals surface area contributed by atoms with Gasteiger partial charge in [0.2, 0.25) is 0 Å². The monoisotopic (exact) mass is 355 g/mol. The van der Waals surface area contributed by atoms with Crippen molar-refractivity contribution in [2.24, 2.45) is 0 Å². The fraction of sp³-hybridized carbons (Fsp3) is 0.526. The van der Waals surface area contributed by atoms with Crippen molar-refractivity contribution in [1.29, 1.82) is 0 Å². The Kier molecular flexibility index (Phi) is 4.50. The van der Waals surface area contributed by atoms with Gasteiger partial charge >= 0.3 is 0 Å². The average Bonchev–Trinajstić information content (AvgIpc) is 2.98. The lowest BCUT2D eigenvalue weighted by molar-refractivity contribution is -0.156. The minimum Gasteiger partial charge on any atom is -0.380 e. The third-order valence-corrected chi connectivity index (χ3v) is 5.47. The third kappa shape index (κ3) is 3.24. The highest BCUT2D eigenvalue weighted by Crippen LogP contribution is 2.25. The highest BCUT2D eigenvalue weighted by Gasteiger charge is 2.41. The molecule has 0 bridgehead atoms. The van der Waals surface area contributed by atoms with Crippen molar-refractivity contribution in [3.05, 3.63) is 36.2 Å². The topological polar surface area (TPSA) is 74.5 Å². The van der Waals surface area contributed by atoms with Gasteiger partial charge in [-0.25, -0.2) is 9.67 Å². The third-order valence-electron chi connectivity index (χ3n) is 5.47. The highest BCUT2D eigenvalue weighted by molar-refractivity contribution is 5.85. The Morgan fingerprint density at radius 3 is 2.54 bits per heavy atom. The van der Waals surface area contributed by atoms with E-state index < -0.39 is 5.60 Å². The number of likely N-dealkylation sites (tertiary alicyclic amines) is 1. The van der Waals surface area contributed by atoms with Crippen LogP contribution in [0.5, 0.6) is 0 Å². The first-order chi connectivity index (χ1) is 12.5. The van der Waals surface area contributed by atoms with Crippen LogP contribution < -0.4 is 0 Å². The van der Waals surface area contributed by atoms with E-state index in [1.54, 1.807) is 4.90 Å². The smallest absolute Gasteiger partial charge is 0.254 e. The van der Waals surface area contributed by atoms with Crippen LogP contribution in [0.15, 0.2) is 30.3 Å². The lowest BCUT2D eigenvalue weighted by Crippen LogP contribution is -2.55. The number of carbonyl (C=O) groups is 1. The van der Waals surface area contributed by atoms with E-state index in [1.165, 1.54) is 0 Å². The highest BCUT2D eigenvalue weighted by atomic mass is 16.3. The normalized spacial score (nSPS) is 20.5. The maximum Gasteiger partial charge on any atom is 0.254 e. The number of aliphatic hydroxyl groups is 1. The fourth-order valence-corrected chi connectivity index (χ4v) is 3.71. The van der Waals surface area contributed by atoms with Gasteiger partial charge in [0, 0.05) is 38.2 Å². The Balaban J connectivity index is 1.46. The maximum absolute atomic E-state index is 12.9. The van der Waals surface area contributed by atoms with E-state index in [9.17, 15) is 9.90 Å². The molecule has 26 heavy (non-hydrogen) atoms. The molecular weight excluding hydrogens is 330 g/mol. The first-order valence-corrected chi connectivity index (χ1v) is 9.25. The van der Waals surface area contributed by atoms with E-state index >= 15 is 0 Å². The summed E-state index contributed by atoms with van der Waals surface area (Å²) in [6.45, 7) is 3.24. The Morgan fingerprint density at radius 2 is 1.81 bits per heavy atom. The predicted molar refractivity (Wildman–Crippen MR) is 97.4 cm³/mol. The number of amides is 1. The molecule has 2 aliphatic rings. The molecule has 1 aromatic heterocycles. The molecule has 1 saturated heterocycles. The summed E-state index contributed by atoms with van der Waals surface area (Å²) in [6, 6.07) is 9.93. The molecular formula is C19H25N5O2. The summed E-state index contributed by atoms with van der Waals surface area (Å²) in [5.74, 6) is 1.49. The van der Waals surface area contributed by atoms with Crippen molar-refractivity contribution in [3.63, 3.8) is 0 Å². The van der Waals surface area contributed by atoms with E-state index in [1.807, 2.05) is 42.1 Å². The number of benzene rings is 1. The molecule has 0 unspecified atom stereocenters. The van der Waals surface area contributed by atoms with Crippen LogP contribution in [0.2, 0.25) is 0 Å². The summed E-state index contributed by atoms with van der Waals surface area (Å²) >= 11 is 0. The van der Waals surface area contributed by atoms with Gasteiger partial charge in [0.05, 0.1) is 6.54 Å². The largest absolute Gasteiger partial charge is 0.380 e. The number of hydrogen-bond donors (Lipinski definition) is 1. The van der Waals surface area contributed by atoms with Gasteiger partial charge < -0.3 is 14.9 Å². The van der Waals surface area contributed by atoms with Crippen molar-refractivity contribution in [2.45, 2.75) is 31.4 Å². The first-order valence-electron chi connectivity index (χ1n) is 9.25. The number of carbonyl (C=O) groups excluding carboxylic acids is 1. The van der Waals surface area contributed by atoms with Gasteiger partial charge in [0.1, 0.15) is 11.4 Å². The van der Waals surface area contributed by atoms with Crippen molar-refractivity contribution in [3.8, 4) is 11.4 Å². The zero-order valence-electron chi connectivity index (χ0n) is 15.1. The summed E-state index contributed by atoms with van der Waals surface area (Å²) in [5.41, 5.74) is -0.219. The SMILES string of the molecule is CN1CCC(O)(C(=O)N2CCc3nc(-c4ccccc4)nn3CC2)CC1. The molecule has 0 radical (unpaired) electrons. The molecule has 1 N–H and O–H groups in total. The summed E-state index contributed by atoms with van der Waals surface area (Å²) in [4.78, 5) is 21.5. The number of rotatable bonds is 2. The summed E-state index contributed by atoms with van der Waals surface area (Å²) in [5, 5.41) is 15.4. The van der Waals surface area contributed by atoms with Crippen LogP contribution >= 0.6 is 0 Å². The Hall–Kier alpha value is -2.25. The summed E-state index contributed by atoms with van der Waals surface area (Å²) in [7, 11) is 2.02. The van der Waals surface area contributed by atoms with E-state index in [-0.39, 0.29) is 5.91 Å². The molecule has 0 atom stereocenters. The summed E-state index contributed by atoms with van der Waals surface area (Å²) < 4.78 is 1.90. The molecule has 4 rings (SSSR count). The minimum atomic E-state index is -1.22. The van der Waals surface area contributed by atoms with Crippen LogP contribution in [0.1, 0.15) is 18.7 Å². The quantitative estimate of drug-likeness (QED) is 0.862. The van der Waals surface area contributed by atoms with Crippen molar-refractivity contribution in [1.82, 2.24) is 24.6 Å². The van der Waals surface area contributed by atoms with Crippen LogP contribution in [0, 0.1) is 0 Å². The number of fused-ring (bicyclic) bond motifs is 1. The van der Waals surface area contributed by atoms with Gasteiger partial charge in [-0.15, -0.1) is 0 Å². The van der Waals surface area contributed by atoms with Gasteiger partial charge in [-0.05, 0) is 19.9 Å². The number of piperidine rings is 1. The Bertz CT molecular complexity index is 755. The number of aromatic nitrogens is 3. The summed E-state index contributed by atoms with van der Waals surface area (Å²) in [6.07, 6.45) is 1.65. The molecule has 0 saturated carbocycles. The van der Waals surface area contributed by atoms with Gasteiger partial charge in [-0.3, -0.25) is 4.79 Å². The fourth-order valence-electron chi connectivity index (χ4n) is 3.71. The second kappa shape index (κ2) is 6.81. The second-order valence-electron chi connectivity index (χ2n) is 7.32. The lowest BCUT2D eigenvalue weighted by Gasteiger charge is -2.38. The van der Waals surface area contributed by atoms with E-state index in [2.05, 4.69) is 15.0 Å². The van der Waals surface area contributed by atoms with Gasteiger partial charge in [0.15, 0.2) is 5.82 Å². The Morgan fingerprint density at radius 1 is 1.08 bits per heavy atom. The van der Waals surface area contributed by atoms with Gasteiger partial charge in [-0.1, -0.05) is 30.3 Å². The van der Waals surface area contributed by atoms with Crippen molar-refractivity contribution in [2.75, 3.05) is 33.2 Å². The number of hydrogen-bond acceptors (Lipinski definition) is 5. The first kappa shape index (κ1) is 17.2. The molecule has 2 aromatic rings. The standard InChI is InChI=1S/C19H25N5O2/c1-22-11-8-19(26,9-12-22)18(25)23-10-7-16-20-17(21-24(16)14-13-23)15-5-3-2-4-6-15/h2-6,26H,7-14H2,1H3. The van der Waals surface area contributed by atoms with Crippen LogP contribution in [-0.2, 0) is 17.8 Å². The van der Waals surface area contributed by atoms with Crippen molar-refractivity contribution < 1.29 is 9.90 Å². The van der Waals surface area contributed by atoms with E-state index in [4.69, 9.17) is 0 Å². The predicted octanol–water partition coefficient (Wildman–Crippen LogP) is 0.786.